The molecule has 0 aromatic heterocycles. The fraction of sp³-hybridized carbons (Fsp3) is 0.438. The summed E-state index contributed by atoms with van der Waals surface area (Å²) in [6.07, 6.45) is 0.892. The Hall–Kier alpha value is -1.72. The summed E-state index contributed by atoms with van der Waals surface area (Å²) in [5.74, 6) is -1.71. The Labute approximate surface area is 123 Å². The molecule has 2 N–H and O–H groups in total. The zero-order valence-electron chi connectivity index (χ0n) is 12.3. The van der Waals surface area contributed by atoms with Gasteiger partial charge in [-0.1, -0.05) is 32.1 Å². The summed E-state index contributed by atoms with van der Waals surface area (Å²) >= 11 is 0. The van der Waals surface area contributed by atoms with Gasteiger partial charge in [0.15, 0.2) is 6.10 Å². The molecule has 1 aliphatic heterocycles. The van der Waals surface area contributed by atoms with Crippen LogP contribution in [0.3, 0.4) is 0 Å². The Balaban J connectivity index is 0.00000106. The molecule has 0 saturated carbocycles. The minimum absolute atomic E-state index is 0.102. The van der Waals surface area contributed by atoms with E-state index in [2.05, 4.69) is 0 Å². The van der Waals surface area contributed by atoms with Crippen molar-refractivity contribution in [2.24, 2.45) is 0 Å². The Morgan fingerprint density at radius 1 is 1.43 bits per heavy atom. The van der Waals surface area contributed by atoms with Crippen LogP contribution in [0.5, 0.6) is 0 Å². The quantitative estimate of drug-likeness (QED) is 0.896. The number of aliphatic hydroxyl groups excluding tert-OH is 1. The van der Waals surface area contributed by atoms with Crippen LogP contribution in [0.4, 0.5) is 4.39 Å². The monoisotopic (exact) mass is 296 g/mol. The Morgan fingerprint density at radius 2 is 2.14 bits per heavy atom. The average molecular weight is 296 g/mol. The molecule has 1 heterocycles. The first-order valence-corrected chi connectivity index (χ1v) is 7.04. The number of benzene rings is 1. The van der Waals surface area contributed by atoms with E-state index in [1.807, 2.05) is 19.9 Å². The highest BCUT2D eigenvalue weighted by Gasteiger charge is 2.16. The summed E-state index contributed by atoms with van der Waals surface area (Å²) in [6.45, 7) is 5.05. The van der Waals surface area contributed by atoms with Crippen molar-refractivity contribution >= 4 is 11.5 Å². The van der Waals surface area contributed by atoms with Gasteiger partial charge in [-0.25, -0.2) is 9.18 Å². The molecule has 1 unspecified atom stereocenters. The van der Waals surface area contributed by atoms with Crippen molar-refractivity contribution < 1.29 is 24.1 Å². The highest BCUT2D eigenvalue weighted by molar-refractivity contribution is 5.72. The van der Waals surface area contributed by atoms with Gasteiger partial charge in [-0.05, 0) is 23.6 Å². The van der Waals surface area contributed by atoms with Crippen LogP contribution in [0, 0.1) is 5.82 Å². The number of hydrogen-bond donors (Lipinski definition) is 2. The molecule has 1 aromatic carbocycles. The van der Waals surface area contributed by atoms with E-state index in [9.17, 15) is 14.3 Å². The van der Waals surface area contributed by atoms with E-state index in [0.717, 1.165) is 5.57 Å². The molecule has 0 spiro atoms. The molecular formula is C16H21FO4. The van der Waals surface area contributed by atoms with Gasteiger partial charge in [0.1, 0.15) is 5.82 Å². The van der Waals surface area contributed by atoms with Gasteiger partial charge < -0.3 is 14.9 Å². The van der Waals surface area contributed by atoms with Crippen LogP contribution in [0.1, 0.15) is 31.4 Å². The molecule has 0 aliphatic carbocycles. The summed E-state index contributed by atoms with van der Waals surface area (Å²) in [5, 5.41) is 17.8. The van der Waals surface area contributed by atoms with Crippen LogP contribution in [0.2, 0.25) is 0 Å². The van der Waals surface area contributed by atoms with E-state index in [1.165, 1.54) is 6.07 Å². The largest absolute Gasteiger partial charge is 0.479 e. The van der Waals surface area contributed by atoms with E-state index in [4.69, 9.17) is 9.84 Å². The van der Waals surface area contributed by atoms with E-state index < -0.39 is 17.9 Å². The second-order valence-electron chi connectivity index (χ2n) is 4.43. The molecule has 0 radical (unpaired) electrons. The van der Waals surface area contributed by atoms with Crippen LogP contribution in [0.25, 0.3) is 5.57 Å². The predicted molar refractivity (Wildman–Crippen MR) is 78.5 cm³/mol. The van der Waals surface area contributed by atoms with Gasteiger partial charge in [0.05, 0.1) is 13.2 Å². The average Bonchev–Trinajstić information content (AvgIpc) is 2.50. The van der Waals surface area contributed by atoms with Gasteiger partial charge in [-0.2, -0.15) is 0 Å². The number of hydrogen-bond acceptors (Lipinski definition) is 3. The van der Waals surface area contributed by atoms with E-state index >= 15 is 0 Å². The van der Waals surface area contributed by atoms with E-state index in [1.54, 1.807) is 12.1 Å². The molecule has 0 fully saturated rings. The molecule has 0 bridgehead atoms. The SMILES string of the molecule is CC.O=C(O)C(O)Cc1ccc(C2=CCOCC2)c(F)c1. The number of halogens is 1. The molecule has 2 rings (SSSR count). The van der Waals surface area contributed by atoms with Crippen LogP contribution in [0.15, 0.2) is 24.3 Å². The van der Waals surface area contributed by atoms with Crippen LogP contribution in [-0.2, 0) is 16.0 Å². The highest BCUT2D eigenvalue weighted by Crippen LogP contribution is 2.24. The maximum Gasteiger partial charge on any atom is 0.332 e. The third-order valence-corrected chi connectivity index (χ3v) is 3.06. The van der Waals surface area contributed by atoms with Gasteiger partial charge in [0, 0.05) is 12.0 Å². The number of carboxylic acid groups (broad SMARTS) is 1. The lowest BCUT2D eigenvalue weighted by Gasteiger charge is -2.15. The predicted octanol–water partition coefficient (Wildman–Crippen LogP) is 2.64. The maximum absolute atomic E-state index is 14.0. The van der Waals surface area contributed by atoms with E-state index in [0.29, 0.717) is 30.8 Å². The second kappa shape index (κ2) is 8.54. The molecule has 1 aliphatic rings. The third-order valence-electron chi connectivity index (χ3n) is 3.06. The summed E-state index contributed by atoms with van der Waals surface area (Å²) in [7, 11) is 0. The Kier molecular flexibility index (Phi) is 7.05. The zero-order valence-corrected chi connectivity index (χ0v) is 12.3. The fourth-order valence-electron chi connectivity index (χ4n) is 2.03. The van der Waals surface area contributed by atoms with Gasteiger partial charge in [-0.3, -0.25) is 0 Å². The molecule has 5 heteroatoms. The summed E-state index contributed by atoms with van der Waals surface area (Å²) in [4.78, 5) is 10.5. The van der Waals surface area contributed by atoms with Crippen molar-refractivity contribution in [1.29, 1.82) is 0 Å². The van der Waals surface area contributed by atoms with Gasteiger partial charge in [-0.15, -0.1) is 0 Å². The Bertz CT molecular complexity index is 511. The molecule has 0 amide bonds. The molecular weight excluding hydrogens is 275 g/mol. The fourth-order valence-corrected chi connectivity index (χ4v) is 2.03. The Morgan fingerprint density at radius 3 is 2.67 bits per heavy atom. The van der Waals surface area contributed by atoms with Gasteiger partial charge >= 0.3 is 5.97 Å². The molecule has 1 atom stereocenters. The minimum atomic E-state index is -1.51. The summed E-state index contributed by atoms with van der Waals surface area (Å²) < 4.78 is 19.1. The maximum atomic E-state index is 14.0. The molecule has 21 heavy (non-hydrogen) atoms. The number of rotatable bonds is 4. The van der Waals surface area contributed by atoms with E-state index in [-0.39, 0.29) is 6.42 Å². The van der Waals surface area contributed by atoms with Gasteiger partial charge in [0.25, 0.3) is 0 Å². The van der Waals surface area contributed by atoms with Crippen molar-refractivity contribution in [2.45, 2.75) is 32.8 Å². The first-order chi connectivity index (χ1) is 10.1. The summed E-state index contributed by atoms with van der Waals surface area (Å²) in [5.41, 5.74) is 1.87. The summed E-state index contributed by atoms with van der Waals surface area (Å²) in [6, 6.07) is 4.54. The number of carbonyl (C=O) groups is 1. The van der Waals surface area contributed by atoms with Crippen molar-refractivity contribution in [2.75, 3.05) is 13.2 Å². The third kappa shape index (κ3) is 4.95. The lowest BCUT2D eigenvalue weighted by Crippen LogP contribution is -2.22. The van der Waals surface area contributed by atoms with Crippen LogP contribution in [-0.4, -0.2) is 35.5 Å². The minimum Gasteiger partial charge on any atom is -0.479 e. The molecule has 0 saturated heterocycles. The lowest BCUT2D eigenvalue weighted by atomic mass is 9.98. The van der Waals surface area contributed by atoms with Crippen LogP contribution >= 0.6 is 0 Å². The topological polar surface area (TPSA) is 66.8 Å². The lowest BCUT2D eigenvalue weighted by molar-refractivity contribution is -0.146. The number of aliphatic hydroxyl groups is 1. The highest BCUT2D eigenvalue weighted by atomic mass is 19.1. The smallest absolute Gasteiger partial charge is 0.332 e. The number of carboxylic acids is 1. The van der Waals surface area contributed by atoms with Crippen molar-refractivity contribution in [1.82, 2.24) is 0 Å². The zero-order chi connectivity index (χ0) is 15.8. The van der Waals surface area contributed by atoms with Gasteiger partial charge in [0.2, 0.25) is 0 Å². The normalized spacial score (nSPS) is 15.5. The van der Waals surface area contributed by atoms with Crippen molar-refractivity contribution in [3.8, 4) is 0 Å². The number of ether oxygens (including phenoxy) is 1. The second-order valence-corrected chi connectivity index (χ2v) is 4.43. The molecule has 116 valence electrons. The van der Waals surface area contributed by atoms with Crippen molar-refractivity contribution in [3.05, 3.63) is 41.2 Å². The number of aliphatic carboxylic acids is 1. The first-order valence-electron chi connectivity index (χ1n) is 7.04. The molecule has 4 nitrogen and oxygen atoms in total. The first kappa shape index (κ1) is 17.3. The van der Waals surface area contributed by atoms with Crippen LogP contribution < -0.4 is 0 Å². The molecule has 1 aromatic rings. The standard InChI is InChI=1S/C14H15FO4.C2H6/c15-12-7-9(8-13(16)14(17)18)1-2-11(12)10-3-5-19-6-4-10;1-2/h1-3,7,13,16H,4-6,8H2,(H,17,18);1-2H3. The van der Waals surface area contributed by atoms with Crippen molar-refractivity contribution in [3.63, 3.8) is 0 Å².